The Labute approximate surface area is 171 Å². The van der Waals surface area contributed by atoms with Crippen LogP contribution in [0.15, 0.2) is 28.7 Å². The topological polar surface area (TPSA) is 69.9 Å². The van der Waals surface area contributed by atoms with Crippen molar-refractivity contribution in [2.24, 2.45) is 11.3 Å². The number of anilines is 1. The van der Waals surface area contributed by atoms with Crippen LogP contribution >= 0.6 is 0 Å². The van der Waals surface area contributed by atoms with E-state index in [1.807, 2.05) is 54.8 Å². The largest absolute Gasteiger partial charge is 0.423 e. The van der Waals surface area contributed by atoms with Gasteiger partial charge in [-0.3, -0.25) is 9.59 Å². The summed E-state index contributed by atoms with van der Waals surface area (Å²) in [4.78, 5) is 35.9. The van der Waals surface area contributed by atoms with Gasteiger partial charge in [-0.1, -0.05) is 32.9 Å². The Morgan fingerprint density at radius 3 is 2.21 bits per heavy atom. The molecule has 3 heterocycles. The van der Waals surface area contributed by atoms with Crippen molar-refractivity contribution in [3.05, 3.63) is 24.3 Å². The van der Waals surface area contributed by atoms with E-state index in [2.05, 4.69) is 9.88 Å². The SMILES string of the molecule is CC(C)(C)C(=O)N1CCN(C(=O)C2CCN(c3nc4ccccc4o3)CC2)CC1. The zero-order chi connectivity index (χ0) is 20.6. The second-order valence-corrected chi connectivity index (χ2v) is 9.09. The summed E-state index contributed by atoms with van der Waals surface area (Å²) in [7, 11) is 0. The Kier molecular flexibility index (Phi) is 5.23. The van der Waals surface area contributed by atoms with E-state index in [9.17, 15) is 9.59 Å². The molecule has 0 aliphatic carbocycles. The van der Waals surface area contributed by atoms with Crippen LogP contribution in [0.3, 0.4) is 0 Å². The number of benzene rings is 1. The fourth-order valence-corrected chi connectivity index (χ4v) is 4.18. The number of nitrogens with zero attached hydrogens (tertiary/aromatic N) is 4. The number of carbonyl (C=O) groups is 2. The molecule has 7 nitrogen and oxygen atoms in total. The van der Waals surface area contributed by atoms with Gasteiger partial charge in [0.25, 0.3) is 6.01 Å². The third kappa shape index (κ3) is 4.09. The van der Waals surface area contributed by atoms with Gasteiger partial charge in [0.05, 0.1) is 0 Å². The monoisotopic (exact) mass is 398 g/mol. The molecule has 0 N–H and O–H groups in total. The first-order chi connectivity index (χ1) is 13.8. The third-order valence-corrected chi connectivity index (χ3v) is 5.92. The molecule has 156 valence electrons. The normalized spacial score (nSPS) is 19.1. The number of hydrogen-bond acceptors (Lipinski definition) is 5. The standard InChI is InChI=1S/C22H30N4O3/c1-22(2,3)20(28)25-14-12-24(13-15-25)19(27)16-8-10-26(11-9-16)21-23-17-6-4-5-7-18(17)29-21/h4-7,16H,8-15H2,1-3H3. The molecule has 4 rings (SSSR count). The average molecular weight is 399 g/mol. The molecular weight excluding hydrogens is 368 g/mol. The minimum Gasteiger partial charge on any atom is -0.423 e. The number of oxazole rings is 1. The smallest absolute Gasteiger partial charge is 0.298 e. The van der Waals surface area contributed by atoms with Crippen molar-refractivity contribution in [1.29, 1.82) is 0 Å². The Morgan fingerprint density at radius 2 is 1.59 bits per heavy atom. The number of fused-ring (bicyclic) bond motifs is 1. The molecule has 2 aliphatic heterocycles. The van der Waals surface area contributed by atoms with Crippen LogP contribution in [0.25, 0.3) is 11.1 Å². The van der Waals surface area contributed by atoms with Crippen molar-refractivity contribution in [2.45, 2.75) is 33.6 Å². The summed E-state index contributed by atoms with van der Waals surface area (Å²) in [6.07, 6.45) is 1.61. The molecule has 0 unspecified atom stereocenters. The van der Waals surface area contributed by atoms with Crippen LogP contribution in [0.4, 0.5) is 6.01 Å². The van der Waals surface area contributed by atoms with Crippen LogP contribution in [-0.4, -0.2) is 65.9 Å². The Balaban J connectivity index is 1.30. The number of aromatic nitrogens is 1. The van der Waals surface area contributed by atoms with E-state index in [0.29, 0.717) is 32.2 Å². The summed E-state index contributed by atoms with van der Waals surface area (Å²) in [6.45, 7) is 9.88. The summed E-state index contributed by atoms with van der Waals surface area (Å²) in [5, 5.41) is 0. The number of rotatable bonds is 2. The van der Waals surface area contributed by atoms with Crippen molar-refractivity contribution in [3.63, 3.8) is 0 Å². The molecule has 2 amide bonds. The first kappa shape index (κ1) is 19.7. The van der Waals surface area contributed by atoms with Gasteiger partial charge >= 0.3 is 0 Å². The molecule has 2 aliphatic rings. The van der Waals surface area contributed by atoms with Gasteiger partial charge in [-0.15, -0.1) is 0 Å². The maximum Gasteiger partial charge on any atom is 0.298 e. The van der Waals surface area contributed by atoms with Crippen molar-refractivity contribution >= 4 is 28.9 Å². The highest BCUT2D eigenvalue weighted by molar-refractivity contribution is 5.83. The molecule has 0 bridgehead atoms. The summed E-state index contributed by atoms with van der Waals surface area (Å²) in [5.41, 5.74) is 1.29. The van der Waals surface area contributed by atoms with E-state index in [-0.39, 0.29) is 23.1 Å². The highest BCUT2D eigenvalue weighted by Crippen LogP contribution is 2.27. The molecule has 7 heteroatoms. The molecule has 1 aromatic carbocycles. The van der Waals surface area contributed by atoms with Crippen LogP contribution in [0.5, 0.6) is 0 Å². The second kappa shape index (κ2) is 7.69. The van der Waals surface area contributed by atoms with Gasteiger partial charge in [0.2, 0.25) is 11.8 Å². The highest BCUT2D eigenvalue weighted by atomic mass is 16.4. The van der Waals surface area contributed by atoms with Gasteiger partial charge in [0.1, 0.15) is 5.52 Å². The quantitative estimate of drug-likeness (QED) is 0.778. The van der Waals surface area contributed by atoms with Crippen LogP contribution in [0.2, 0.25) is 0 Å². The van der Waals surface area contributed by atoms with Crippen LogP contribution < -0.4 is 4.90 Å². The van der Waals surface area contributed by atoms with Crippen LogP contribution in [-0.2, 0) is 9.59 Å². The fraction of sp³-hybridized carbons (Fsp3) is 0.591. The molecule has 2 aromatic rings. The number of para-hydroxylation sites is 2. The predicted molar refractivity (Wildman–Crippen MR) is 112 cm³/mol. The molecule has 0 atom stereocenters. The lowest BCUT2D eigenvalue weighted by atomic mass is 9.93. The number of piperidine rings is 1. The Bertz CT molecular complexity index is 852. The minimum atomic E-state index is -0.371. The maximum absolute atomic E-state index is 13.0. The van der Waals surface area contributed by atoms with Crippen LogP contribution in [0, 0.1) is 11.3 Å². The van der Waals surface area contributed by atoms with Gasteiger partial charge in [-0.2, -0.15) is 4.98 Å². The first-order valence-electron chi connectivity index (χ1n) is 10.5. The van der Waals surface area contributed by atoms with Gasteiger partial charge in [0.15, 0.2) is 5.58 Å². The molecule has 1 aromatic heterocycles. The fourth-order valence-electron chi connectivity index (χ4n) is 4.18. The van der Waals surface area contributed by atoms with E-state index >= 15 is 0 Å². The van der Waals surface area contributed by atoms with Gasteiger partial charge < -0.3 is 19.1 Å². The number of carbonyl (C=O) groups excluding carboxylic acids is 2. The summed E-state index contributed by atoms with van der Waals surface area (Å²) in [6, 6.07) is 8.41. The summed E-state index contributed by atoms with van der Waals surface area (Å²) >= 11 is 0. The third-order valence-electron chi connectivity index (χ3n) is 5.92. The Hall–Kier alpha value is -2.57. The zero-order valence-corrected chi connectivity index (χ0v) is 17.6. The second-order valence-electron chi connectivity index (χ2n) is 9.09. The summed E-state index contributed by atoms with van der Waals surface area (Å²) < 4.78 is 5.86. The number of amides is 2. The predicted octanol–water partition coefficient (Wildman–Crippen LogP) is 2.76. The van der Waals surface area contributed by atoms with Gasteiger partial charge in [-0.25, -0.2) is 0 Å². The van der Waals surface area contributed by atoms with E-state index in [4.69, 9.17) is 4.42 Å². The van der Waals surface area contributed by atoms with E-state index < -0.39 is 0 Å². The lowest BCUT2D eigenvalue weighted by Gasteiger charge is -2.40. The van der Waals surface area contributed by atoms with Crippen molar-refractivity contribution in [2.75, 3.05) is 44.2 Å². The van der Waals surface area contributed by atoms with Crippen molar-refractivity contribution in [1.82, 2.24) is 14.8 Å². The molecular formula is C22H30N4O3. The van der Waals surface area contributed by atoms with E-state index in [0.717, 1.165) is 37.0 Å². The first-order valence-corrected chi connectivity index (χ1v) is 10.5. The van der Waals surface area contributed by atoms with Crippen molar-refractivity contribution < 1.29 is 14.0 Å². The van der Waals surface area contributed by atoms with Gasteiger partial charge in [0, 0.05) is 50.6 Å². The van der Waals surface area contributed by atoms with E-state index in [1.54, 1.807) is 0 Å². The molecule has 2 fully saturated rings. The maximum atomic E-state index is 13.0. The summed E-state index contributed by atoms with van der Waals surface area (Å²) in [5.74, 6) is 0.432. The lowest BCUT2D eigenvalue weighted by molar-refractivity contribution is -0.146. The molecule has 0 radical (unpaired) electrons. The van der Waals surface area contributed by atoms with Crippen molar-refractivity contribution in [3.8, 4) is 0 Å². The van der Waals surface area contributed by atoms with E-state index in [1.165, 1.54) is 0 Å². The van der Waals surface area contributed by atoms with Gasteiger partial charge in [-0.05, 0) is 25.0 Å². The zero-order valence-electron chi connectivity index (χ0n) is 17.6. The Morgan fingerprint density at radius 1 is 0.966 bits per heavy atom. The molecule has 2 saturated heterocycles. The molecule has 0 spiro atoms. The number of hydrogen-bond donors (Lipinski definition) is 0. The highest BCUT2D eigenvalue weighted by Gasteiger charge is 2.34. The molecule has 0 saturated carbocycles. The minimum absolute atomic E-state index is 0.0421. The lowest BCUT2D eigenvalue weighted by Crippen LogP contribution is -2.54. The average Bonchev–Trinajstić information content (AvgIpc) is 3.16. The number of piperazine rings is 1. The van der Waals surface area contributed by atoms with Crippen LogP contribution in [0.1, 0.15) is 33.6 Å². The molecule has 29 heavy (non-hydrogen) atoms.